The first kappa shape index (κ1) is 21.2. The van der Waals surface area contributed by atoms with Gasteiger partial charge in [0, 0.05) is 11.1 Å². The molecule has 0 aliphatic heterocycles. The zero-order valence-electron chi connectivity index (χ0n) is 18.8. The molecule has 0 bridgehead atoms. The van der Waals surface area contributed by atoms with Crippen molar-refractivity contribution >= 4 is 22.4 Å². The molecule has 0 spiro atoms. The van der Waals surface area contributed by atoms with Gasteiger partial charge in [-0.1, -0.05) is 109 Å². The van der Waals surface area contributed by atoms with Crippen LogP contribution < -0.4 is 0 Å². The quantitative estimate of drug-likeness (QED) is 0.260. The predicted octanol–water partition coefficient (Wildman–Crippen LogP) is 8.35. The van der Waals surface area contributed by atoms with Crippen LogP contribution in [0.15, 0.2) is 121 Å². The molecule has 0 unspecified atom stereocenters. The lowest BCUT2D eigenvalue weighted by molar-refractivity contribution is 1.07. The first-order chi connectivity index (χ1) is 17.2. The standard InChI is InChI=1S/C31H20ClN3/c32-31-34-29(24-17-15-22(16-18-24)21-9-3-1-4-10-21)33-30(35-31)28-20-26-14-8-7-13-25(26)19-27(28)23-11-5-2-6-12-23/h1-20H. The smallest absolute Gasteiger partial charge is 0.208 e. The van der Waals surface area contributed by atoms with Crippen LogP contribution in [0.2, 0.25) is 5.28 Å². The van der Waals surface area contributed by atoms with Crippen molar-refractivity contribution in [2.75, 3.05) is 0 Å². The van der Waals surface area contributed by atoms with Gasteiger partial charge in [0.05, 0.1) is 0 Å². The maximum absolute atomic E-state index is 6.43. The fourth-order valence-corrected chi connectivity index (χ4v) is 4.48. The number of halogens is 1. The molecule has 0 saturated heterocycles. The molecule has 0 amide bonds. The van der Waals surface area contributed by atoms with Crippen molar-refractivity contribution in [3.8, 4) is 45.0 Å². The van der Waals surface area contributed by atoms with E-state index in [2.05, 4.69) is 70.6 Å². The van der Waals surface area contributed by atoms with E-state index in [1.54, 1.807) is 0 Å². The lowest BCUT2D eigenvalue weighted by Crippen LogP contribution is -1.99. The van der Waals surface area contributed by atoms with E-state index >= 15 is 0 Å². The minimum absolute atomic E-state index is 0.171. The summed E-state index contributed by atoms with van der Waals surface area (Å²) in [7, 11) is 0. The Balaban J connectivity index is 1.48. The molecule has 0 aliphatic rings. The van der Waals surface area contributed by atoms with Crippen LogP contribution >= 0.6 is 11.6 Å². The molecular weight excluding hydrogens is 450 g/mol. The largest absolute Gasteiger partial charge is 0.226 e. The highest BCUT2D eigenvalue weighted by Gasteiger charge is 2.15. The van der Waals surface area contributed by atoms with E-state index in [4.69, 9.17) is 16.6 Å². The maximum atomic E-state index is 6.43. The van der Waals surface area contributed by atoms with Crippen LogP contribution in [-0.4, -0.2) is 15.0 Å². The molecule has 5 aromatic carbocycles. The third-order valence-electron chi connectivity index (χ3n) is 6.07. The summed E-state index contributed by atoms with van der Waals surface area (Å²) in [5.41, 5.74) is 6.25. The van der Waals surface area contributed by atoms with Crippen LogP contribution in [0.3, 0.4) is 0 Å². The molecule has 166 valence electrons. The molecule has 0 aliphatic carbocycles. The van der Waals surface area contributed by atoms with Crippen molar-refractivity contribution in [1.82, 2.24) is 15.0 Å². The van der Waals surface area contributed by atoms with Gasteiger partial charge in [0.1, 0.15) is 0 Å². The lowest BCUT2D eigenvalue weighted by atomic mass is 9.95. The summed E-state index contributed by atoms with van der Waals surface area (Å²) in [5, 5.41) is 2.45. The average molecular weight is 470 g/mol. The molecule has 1 aromatic heterocycles. The fraction of sp³-hybridized carbons (Fsp3) is 0. The summed E-state index contributed by atoms with van der Waals surface area (Å²) in [6.45, 7) is 0. The van der Waals surface area contributed by atoms with E-state index in [9.17, 15) is 0 Å². The van der Waals surface area contributed by atoms with E-state index in [1.165, 1.54) is 0 Å². The third kappa shape index (κ3) is 4.30. The maximum Gasteiger partial charge on any atom is 0.226 e. The Labute approximate surface area is 208 Å². The van der Waals surface area contributed by atoms with Crippen LogP contribution in [-0.2, 0) is 0 Å². The third-order valence-corrected chi connectivity index (χ3v) is 6.24. The molecule has 0 atom stereocenters. The van der Waals surface area contributed by atoms with Gasteiger partial charge in [0.25, 0.3) is 0 Å². The van der Waals surface area contributed by atoms with Crippen molar-refractivity contribution in [2.45, 2.75) is 0 Å². The number of aromatic nitrogens is 3. The van der Waals surface area contributed by atoms with Gasteiger partial charge in [-0.15, -0.1) is 0 Å². The Bertz CT molecular complexity index is 1630. The molecule has 0 radical (unpaired) electrons. The van der Waals surface area contributed by atoms with Gasteiger partial charge in [-0.25, -0.2) is 4.98 Å². The van der Waals surface area contributed by atoms with E-state index in [0.29, 0.717) is 11.6 Å². The van der Waals surface area contributed by atoms with Gasteiger partial charge in [-0.05, 0) is 56.8 Å². The van der Waals surface area contributed by atoms with Crippen molar-refractivity contribution in [3.05, 3.63) is 127 Å². The second-order valence-electron chi connectivity index (χ2n) is 8.31. The Morgan fingerprint density at radius 1 is 0.400 bits per heavy atom. The van der Waals surface area contributed by atoms with Gasteiger partial charge in [0.2, 0.25) is 5.28 Å². The number of rotatable bonds is 4. The molecule has 6 aromatic rings. The molecule has 1 heterocycles. The molecular formula is C31H20ClN3. The first-order valence-electron chi connectivity index (χ1n) is 11.4. The summed E-state index contributed by atoms with van der Waals surface area (Å²) in [5.74, 6) is 1.10. The Kier molecular flexibility index (Phi) is 5.53. The van der Waals surface area contributed by atoms with E-state index in [1.807, 2.05) is 60.7 Å². The van der Waals surface area contributed by atoms with Gasteiger partial charge in [-0.2, -0.15) is 9.97 Å². The molecule has 3 nitrogen and oxygen atoms in total. The van der Waals surface area contributed by atoms with Crippen LogP contribution in [0.4, 0.5) is 0 Å². The van der Waals surface area contributed by atoms with Crippen molar-refractivity contribution in [2.24, 2.45) is 0 Å². The number of nitrogens with zero attached hydrogens (tertiary/aromatic N) is 3. The molecule has 35 heavy (non-hydrogen) atoms. The number of benzene rings is 5. The average Bonchev–Trinajstić information content (AvgIpc) is 2.93. The zero-order valence-corrected chi connectivity index (χ0v) is 19.5. The van der Waals surface area contributed by atoms with Gasteiger partial charge in [-0.3, -0.25) is 0 Å². The SMILES string of the molecule is Clc1nc(-c2ccc(-c3ccccc3)cc2)nc(-c2cc3ccccc3cc2-c2ccccc2)n1. The summed E-state index contributed by atoms with van der Waals surface area (Å²) < 4.78 is 0. The second-order valence-corrected chi connectivity index (χ2v) is 8.64. The monoisotopic (exact) mass is 469 g/mol. The minimum atomic E-state index is 0.171. The van der Waals surface area contributed by atoms with Crippen LogP contribution in [0.5, 0.6) is 0 Å². The number of hydrogen-bond acceptors (Lipinski definition) is 3. The van der Waals surface area contributed by atoms with Gasteiger partial charge in [0.15, 0.2) is 11.6 Å². The van der Waals surface area contributed by atoms with E-state index < -0.39 is 0 Å². The van der Waals surface area contributed by atoms with Crippen molar-refractivity contribution in [1.29, 1.82) is 0 Å². The van der Waals surface area contributed by atoms with Gasteiger partial charge >= 0.3 is 0 Å². The highest BCUT2D eigenvalue weighted by molar-refractivity contribution is 6.28. The molecule has 0 saturated carbocycles. The second kappa shape index (κ2) is 9.13. The minimum Gasteiger partial charge on any atom is -0.208 e. The fourth-order valence-electron chi connectivity index (χ4n) is 4.32. The molecule has 4 heteroatoms. The topological polar surface area (TPSA) is 38.7 Å². The predicted molar refractivity (Wildman–Crippen MR) is 144 cm³/mol. The Morgan fingerprint density at radius 3 is 1.54 bits per heavy atom. The van der Waals surface area contributed by atoms with Crippen molar-refractivity contribution < 1.29 is 0 Å². The summed E-state index contributed by atoms with van der Waals surface area (Å²) in [6, 6.07) is 41.4. The highest BCUT2D eigenvalue weighted by Crippen LogP contribution is 2.35. The molecule has 6 rings (SSSR count). The number of hydrogen-bond donors (Lipinski definition) is 0. The summed E-state index contributed by atoms with van der Waals surface area (Å²) in [6.07, 6.45) is 0. The van der Waals surface area contributed by atoms with Crippen LogP contribution in [0.25, 0.3) is 55.8 Å². The normalized spacial score (nSPS) is 11.0. The van der Waals surface area contributed by atoms with E-state index in [0.717, 1.165) is 44.2 Å². The zero-order chi connectivity index (χ0) is 23.6. The first-order valence-corrected chi connectivity index (χ1v) is 11.8. The van der Waals surface area contributed by atoms with Crippen LogP contribution in [0.1, 0.15) is 0 Å². The van der Waals surface area contributed by atoms with Crippen LogP contribution in [0, 0.1) is 0 Å². The molecule has 0 fully saturated rings. The lowest BCUT2D eigenvalue weighted by Gasteiger charge is -2.12. The Hall–Kier alpha value is -4.34. The van der Waals surface area contributed by atoms with E-state index in [-0.39, 0.29) is 5.28 Å². The summed E-state index contributed by atoms with van der Waals surface area (Å²) in [4.78, 5) is 13.8. The van der Waals surface area contributed by atoms with Crippen molar-refractivity contribution in [3.63, 3.8) is 0 Å². The number of fused-ring (bicyclic) bond motifs is 1. The Morgan fingerprint density at radius 2 is 0.886 bits per heavy atom. The van der Waals surface area contributed by atoms with Gasteiger partial charge < -0.3 is 0 Å². The highest BCUT2D eigenvalue weighted by atomic mass is 35.5. The summed E-state index contributed by atoms with van der Waals surface area (Å²) >= 11 is 6.43. The molecule has 0 N–H and O–H groups in total.